The number of rotatable bonds is 9. The van der Waals surface area contributed by atoms with Crippen LogP contribution in [0, 0.1) is 0 Å². The van der Waals surface area contributed by atoms with Gasteiger partial charge < -0.3 is 14.7 Å². The molecule has 1 saturated heterocycles. The van der Waals surface area contributed by atoms with Crippen molar-refractivity contribution >= 4 is 11.9 Å². The van der Waals surface area contributed by atoms with E-state index in [1.165, 1.54) is 0 Å². The molecule has 1 N–H and O–H groups in total. The standard InChI is InChI=1S/C20H25NO4/c1-15(10-11-16(2)20(23)24)7-6-12-21-17(13-19(21)22)14-25-18-8-4-3-5-9-18/h3-5,8-11,17H,6-7,12-14H2,1-2H3,(H,23,24)/b15-10+,16-11+. The molecule has 5 heteroatoms. The van der Waals surface area contributed by atoms with Crippen molar-refractivity contribution in [2.45, 2.75) is 39.2 Å². The lowest BCUT2D eigenvalue weighted by Gasteiger charge is -2.40. The molecule has 5 nitrogen and oxygen atoms in total. The zero-order valence-electron chi connectivity index (χ0n) is 14.8. The van der Waals surface area contributed by atoms with E-state index < -0.39 is 5.97 Å². The van der Waals surface area contributed by atoms with Crippen LogP contribution < -0.4 is 4.74 Å². The molecule has 1 fully saturated rings. The predicted molar refractivity (Wildman–Crippen MR) is 96.4 cm³/mol. The molecular formula is C20H25NO4. The van der Waals surface area contributed by atoms with Crippen LogP contribution in [0.4, 0.5) is 0 Å². The van der Waals surface area contributed by atoms with Crippen LogP contribution in [0.5, 0.6) is 5.75 Å². The topological polar surface area (TPSA) is 66.8 Å². The number of aliphatic carboxylic acids is 1. The maximum atomic E-state index is 11.8. The first kappa shape index (κ1) is 18.8. The molecule has 0 aromatic heterocycles. The average Bonchev–Trinajstić information content (AvgIpc) is 2.60. The number of hydrogen-bond donors (Lipinski definition) is 1. The molecule has 0 radical (unpaired) electrons. The fourth-order valence-corrected chi connectivity index (χ4v) is 2.64. The molecule has 1 amide bonds. The Morgan fingerprint density at radius 3 is 2.64 bits per heavy atom. The van der Waals surface area contributed by atoms with Gasteiger partial charge in [-0.15, -0.1) is 0 Å². The minimum atomic E-state index is -0.906. The summed E-state index contributed by atoms with van der Waals surface area (Å²) in [6, 6.07) is 9.75. The van der Waals surface area contributed by atoms with Crippen LogP contribution in [0.25, 0.3) is 0 Å². The molecular weight excluding hydrogens is 318 g/mol. The van der Waals surface area contributed by atoms with Gasteiger partial charge in [-0.3, -0.25) is 4.79 Å². The molecule has 1 heterocycles. The largest absolute Gasteiger partial charge is 0.491 e. The Morgan fingerprint density at radius 2 is 2.00 bits per heavy atom. The van der Waals surface area contributed by atoms with Crippen molar-refractivity contribution in [2.24, 2.45) is 0 Å². The number of para-hydroxylation sites is 1. The van der Waals surface area contributed by atoms with Gasteiger partial charge in [0.05, 0.1) is 12.5 Å². The van der Waals surface area contributed by atoms with Crippen LogP contribution in [0.3, 0.4) is 0 Å². The van der Waals surface area contributed by atoms with Gasteiger partial charge >= 0.3 is 5.97 Å². The lowest BCUT2D eigenvalue weighted by molar-refractivity contribution is -0.147. The summed E-state index contributed by atoms with van der Waals surface area (Å²) in [6.45, 7) is 4.77. The Morgan fingerprint density at radius 1 is 1.28 bits per heavy atom. The van der Waals surface area contributed by atoms with E-state index in [4.69, 9.17) is 9.84 Å². The first-order chi connectivity index (χ1) is 12.0. The number of hydrogen-bond acceptors (Lipinski definition) is 3. The van der Waals surface area contributed by atoms with Crippen LogP contribution in [0.2, 0.25) is 0 Å². The fraction of sp³-hybridized carbons (Fsp3) is 0.400. The summed E-state index contributed by atoms with van der Waals surface area (Å²) < 4.78 is 5.73. The monoisotopic (exact) mass is 343 g/mol. The van der Waals surface area contributed by atoms with E-state index in [2.05, 4.69) is 0 Å². The highest BCUT2D eigenvalue weighted by atomic mass is 16.5. The molecule has 25 heavy (non-hydrogen) atoms. The van der Waals surface area contributed by atoms with Gasteiger partial charge in [0.1, 0.15) is 12.4 Å². The Hall–Kier alpha value is -2.56. The van der Waals surface area contributed by atoms with E-state index in [1.54, 1.807) is 13.0 Å². The lowest BCUT2D eigenvalue weighted by Crippen LogP contribution is -2.55. The van der Waals surface area contributed by atoms with Crippen LogP contribution in [-0.4, -0.2) is 41.1 Å². The molecule has 2 rings (SSSR count). The Labute approximate surface area is 148 Å². The van der Waals surface area contributed by atoms with Crippen molar-refractivity contribution in [1.82, 2.24) is 4.90 Å². The summed E-state index contributed by atoms with van der Waals surface area (Å²) in [7, 11) is 0. The molecule has 1 aliphatic heterocycles. The number of ether oxygens (including phenoxy) is 1. The SMILES string of the molecule is C/C(=C\C=C(/C)C(=O)O)CCCN1C(=O)CC1COc1ccccc1. The van der Waals surface area contributed by atoms with E-state index in [-0.39, 0.29) is 11.9 Å². The predicted octanol–water partition coefficient (Wildman–Crippen LogP) is 3.42. The first-order valence-corrected chi connectivity index (χ1v) is 8.52. The number of carbonyl (C=O) groups is 2. The minimum absolute atomic E-state index is 0.145. The molecule has 0 saturated carbocycles. The van der Waals surface area contributed by atoms with E-state index in [1.807, 2.05) is 48.2 Å². The molecule has 1 atom stereocenters. The molecule has 1 aromatic carbocycles. The normalized spacial score (nSPS) is 18.1. The molecule has 1 aromatic rings. The van der Waals surface area contributed by atoms with Crippen molar-refractivity contribution in [3.05, 3.63) is 53.6 Å². The Balaban J connectivity index is 1.74. The number of carboxylic acid groups (broad SMARTS) is 1. The van der Waals surface area contributed by atoms with Gasteiger partial charge in [-0.25, -0.2) is 4.79 Å². The number of nitrogens with zero attached hydrogens (tertiary/aromatic N) is 1. The number of carbonyl (C=O) groups excluding carboxylic acids is 1. The first-order valence-electron chi connectivity index (χ1n) is 8.52. The van der Waals surface area contributed by atoms with Gasteiger partial charge in [0.2, 0.25) is 5.91 Å². The Bertz CT molecular complexity index is 664. The summed E-state index contributed by atoms with van der Waals surface area (Å²) in [4.78, 5) is 24.4. The number of allylic oxidation sites excluding steroid dienone is 3. The van der Waals surface area contributed by atoms with Crippen LogP contribution in [0.1, 0.15) is 33.1 Å². The molecule has 1 aliphatic rings. The van der Waals surface area contributed by atoms with Gasteiger partial charge in [0, 0.05) is 12.1 Å². The second-order valence-electron chi connectivity index (χ2n) is 6.34. The summed E-state index contributed by atoms with van der Waals surface area (Å²) >= 11 is 0. The molecule has 0 bridgehead atoms. The summed E-state index contributed by atoms with van der Waals surface area (Å²) in [5, 5.41) is 8.82. The van der Waals surface area contributed by atoms with Crippen LogP contribution in [-0.2, 0) is 9.59 Å². The summed E-state index contributed by atoms with van der Waals surface area (Å²) in [5.74, 6) is 0.0857. The van der Waals surface area contributed by atoms with Crippen molar-refractivity contribution < 1.29 is 19.4 Å². The number of likely N-dealkylation sites (tertiary alicyclic amines) is 1. The van der Waals surface area contributed by atoms with E-state index in [0.29, 0.717) is 25.1 Å². The van der Waals surface area contributed by atoms with Gasteiger partial charge in [0.15, 0.2) is 0 Å². The van der Waals surface area contributed by atoms with E-state index in [0.717, 1.165) is 24.2 Å². The quantitative estimate of drug-likeness (QED) is 0.424. The second-order valence-corrected chi connectivity index (χ2v) is 6.34. The maximum Gasteiger partial charge on any atom is 0.331 e. The van der Waals surface area contributed by atoms with Crippen molar-refractivity contribution in [3.63, 3.8) is 0 Å². The van der Waals surface area contributed by atoms with E-state index >= 15 is 0 Å². The average molecular weight is 343 g/mol. The number of benzene rings is 1. The molecule has 0 spiro atoms. The van der Waals surface area contributed by atoms with Gasteiger partial charge in [-0.1, -0.05) is 35.9 Å². The maximum absolute atomic E-state index is 11.8. The van der Waals surface area contributed by atoms with Gasteiger partial charge in [-0.05, 0) is 38.8 Å². The zero-order chi connectivity index (χ0) is 18.2. The van der Waals surface area contributed by atoms with Crippen molar-refractivity contribution in [3.8, 4) is 5.75 Å². The highest BCUT2D eigenvalue weighted by Gasteiger charge is 2.35. The van der Waals surface area contributed by atoms with Gasteiger partial charge in [-0.2, -0.15) is 0 Å². The lowest BCUT2D eigenvalue weighted by atomic mass is 10.0. The summed E-state index contributed by atoms with van der Waals surface area (Å²) in [6.07, 6.45) is 5.68. The number of β-lactam (4-membered cyclic amide) rings is 1. The number of amides is 1. The van der Waals surface area contributed by atoms with Crippen LogP contribution >= 0.6 is 0 Å². The minimum Gasteiger partial charge on any atom is -0.491 e. The van der Waals surface area contributed by atoms with Crippen LogP contribution in [0.15, 0.2) is 53.6 Å². The second kappa shape index (κ2) is 9.06. The molecule has 1 unspecified atom stereocenters. The van der Waals surface area contributed by atoms with Crippen molar-refractivity contribution in [2.75, 3.05) is 13.2 Å². The summed E-state index contributed by atoms with van der Waals surface area (Å²) in [5.41, 5.74) is 1.42. The Kier molecular flexibility index (Phi) is 6.81. The fourth-order valence-electron chi connectivity index (χ4n) is 2.64. The highest BCUT2D eigenvalue weighted by molar-refractivity contribution is 5.86. The highest BCUT2D eigenvalue weighted by Crippen LogP contribution is 2.22. The smallest absolute Gasteiger partial charge is 0.331 e. The van der Waals surface area contributed by atoms with Crippen molar-refractivity contribution in [1.29, 1.82) is 0 Å². The van der Waals surface area contributed by atoms with E-state index in [9.17, 15) is 9.59 Å². The number of carboxylic acids is 1. The third-order valence-corrected chi connectivity index (χ3v) is 4.28. The zero-order valence-corrected chi connectivity index (χ0v) is 14.8. The molecule has 134 valence electrons. The third-order valence-electron chi connectivity index (χ3n) is 4.28. The third kappa shape index (κ3) is 5.78. The molecule has 0 aliphatic carbocycles. The van der Waals surface area contributed by atoms with Gasteiger partial charge in [0.25, 0.3) is 0 Å².